The molecule has 1 atom stereocenters. The lowest BCUT2D eigenvalue weighted by Gasteiger charge is -2.08. The number of aromatic amines is 1. The van der Waals surface area contributed by atoms with Crippen LogP contribution in [0, 0.1) is 6.33 Å². The van der Waals surface area contributed by atoms with E-state index in [1.54, 1.807) is 6.20 Å². The van der Waals surface area contributed by atoms with E-state index in [0.29, 0.717) is 17.7 Å². The highest BCUT2D eigenvalue weighted by Crippen LogP contribution is 2.26. The van der Waals surface area contributed by atoms with E-state index in [1.807, 2.05) is 0 Å². The van der Waals surface area contributed by atoms with Crippen LogP contribution in [0.25, 0.3) is 11.4 Å². The summed E-state index contributed by atoms with van der Waals surface area (Å²) in [7, 11) is 0. The van der Waals surface area contributed by atoms with Crippen molar-refractivity contribution in [3.63, 3.8) is 0 Å². The molecule has 1 unspecified atom stereocenters. The number of halogens is 3. The molecule has 3 rings (SSSR count). The van der Waals surface area contributed by atoms with Crippen LogP contribution in [0.5, 0.6) is 5.75 Å². The molecule has 0 aliphatic carbocycles. The van der Waals surface area contributed by atoms with Gasteiger partial charge in [0.1, 0.15) is 5.75 Å². The van der Waals surface area contributed by atoms with Gasteiger partial charge < -0.3 is 15.0 Å². The summed E-state index contributed by atoms with van der Waals surface area (Å²) in [5.74, 6) is 0.0812. The van der Waals surface area contributed by atoms with Gasteiger partial charge in [-0.3, -0.25) is 0 Å². The third-order valence-corrected chi connectivity index (χ3v) is 3.04. The minimum absolute atomic E-state index is 0.198. The molecule has 0 spiro atoms. The Morgan fingerprint density at radius 1 is 1.33 bits per heavy atom. The largest absolute Gasteiger partial charge is 0.573 e. The molecule has 0 amide bonds. The van der Waals surface area contributed by atoms with Crippen molar-refractivity contribution in [2.24, 2.45) is 5.73 Å². The zero-order valence-electron chi connectivity index (χ0n) is 12.0. The lowest BCUT2D eigenvalue weighted by molar-refractivity contribution is -0.305. The molecule has 3 aromatic rings. The molecule has 0 radical (unpaired) electrons. The van der Waals surface area contributed by atoms with E-state index in [4.69, 9.17) is 10.3 Å². The van der Waals surface area contributed by atoms with E-state index in [1.165, 1.54) is 24.3 Å². The van der Waals surface area contributed by atoms with Crippen LogP contribution in [0.4, 0.5) is 13.2 Å². The molecule has 10 heteroatoms. The maximum Gasteiger partial charge on any atom is 0.573 e. The van der Waals surface area contributed by atoms with E-state index >= 15 is 0 Å². The van der Waals surface area contributed by atoms with E-state index < -0.39 is 12.4 Å². The Labute approximate surface area is 133 Å². The Morgan fingerprint density at radius 3 is 2.71 bits per heavy atom. The molecule has 24 heavy (non-hydrogen) atoms. The lowest BCUT2D eigenvalue weighted by atomic mass is 10.2. The predicted molar refractivity (Wildman–Crippen MR) is 72.3 cm³/mol. The van der Waals surface area contributed by atoms with Gasteiger partial charge in [-0.05, 0) is 24.3 Å². The Balaban J connectivity index is 1.71. The maximum absolute atomic E-state index is 12.1. The lowest BCUT2D eigenvalue weighted by Crippen LogP contribution is -2.17. The van der Waals surface area contributed by atoms with Gasteiger partial charge in [0.05, 0.1) is 12.5 Å². The molecule has 0 saturated carbocycles. The Bertz CT molecular complexity index is 784. The molecule has 7 nitrogen and oxygen atoms in total. The average molecular weight is 338 g/mol. The molecule has 0 saturated heterocycles. The normalized spacial score (nSPS) is 12.7. The smallest absolute Gasteiger partial charge is 0.406 e. The van der Waals surface area contributed by atoms with Crippen LogP contribution >= 0.6 is 0 Å². The van der Waals surface area contributed by atoms with Crippen molar-refractivity contribution in [1.82, 2.24) is 15.1 Å². The van der Waals surface area contributed by atoms with Crippen LogP contribution in [-0.2, 0) is 6.42 Å². The summed E-state index contributed by atoms with van der Waals surface area (Å²) in [6.45, 7) is 0. The molecule has 0 aliphatic rings. The van der Waals surface area contributed by atoms with Crippen molar-refractivity contribution in [3.8, 4) is 17.1 Å². The number of H-pyrrole nitrogens is 1. The number of aromatic nitrogens is 4. The van der Waals surface area contributed by atoms with Gasteiger partial charge in [0.2, 0.25) is 11.7 Å². The molecule has 2 heterocycles. The summed E-state index contributed by atoms with van der Waals surface area (Å²) >= 11 is 0. The van der Waals surface area contributed by atoms with Crippen LogP contribution < -0.4 is 15.5 Å². The molecule has 0 fully saturated rings. The molecular formula is C14H11F3N5O2+. The van der Waals surface area contributed by atoms with Crippen molar-refractivity contribution in [2.45, 2.75) is 18.8 Å². The fourth-order valence-corrected chi connectivity index (χ4v) is 1.98. The number of rotatable bonds is 5. The van der Waals surface area contributed by atoms with Crippen molar-refractivity contribution < 1.29 is 27.4 Å². The van der Waals surface area contributed by atoms with E-state index in [2.05, 4.69) is 31.2 Å². The fourth-order valence-electron chi connectivity index (χ4n) is 1.98. The number of alkyl halides is 3. The number of hydrogen-bond donors (Lipinski definition) is 2. The highest BCUT2D eigenvalue weighted by molar-refractivity contribution is 5.55. The van der Waals surface area contributed by atoms with E-state index in [-0.39, 0.29) is 17.5 Å². The monoisotopic (exact) mass is 338 g/mol. The van der Waals surface area contributed by atoms with Crippen LogP contribution in [0.2, 0.25) is 0 Å². The second-order valence-corrected chi connectivity index (χ2v) is 4.84. The number of nitrogens with two attached hydrogens (primary N) is 1. The molecule has 3 N–H and O–H groups in total. The van der Waals surface area contributed by atoms with Crippen molar-refractivity contribution in [2.75, 3.05) is 0 Å². The zero-order valence-corrected chi connectivity index (χ0v) is 12.0. The van der Waals surface area contributed by atoms with Crippen LogP contribution in [0.1, 0.15) is 17.6 Å². The molecule has 0 aliphatic heterocycles. The summed E-state index contributed by atoms with van der Waals surface area (Å²) < 4.78 is 45.3. The first-order valence-electron chi connectivity index (χ1n) is 6.76. The standard InChI is InChI=1S/C14H10F3N5O2/c15-14(16,17)23-10-3-1-8(2-4-10)12-21-13(24-22-12)11(18)5-9-6-19-7-20-9/h1-4,6,11H,5,18H2/p+1. The molecular weight excluding hydrogens is 327 g/mol. The summed E-state index contributed by atoms with van der Waals surface area (Å²) in [5.41, 5.74) is 7.12. The third kappa shape index (κ3) is 3.82. The quantitative estimate of drug-likeness (QED) is 0.732. The number of nitrogens with zero attached hydrogens (tertiary/aromatic N) is 3. The first kappa shape index (κ1) is 15.8. The van der Waals surface area contributed by atoms with Crippen molar-refractivity contribution in [3.05, 3.63) is 48.4 Å². The maximum atomic E-state index is 12.1. The predicted octanol–water partition coefficient (Wildman–Crippen LogP) is 1.61. The topological polar surface area (TPSA) is 104 Å². The summed E-state index contributed by atoms with van der Waals surface area (Å²) in [6.07, 6.45) is -0.165. The molecule has 124 valence electrons. The van der Waals surface area contributed by atoms with Crippen LogP contribution in [0.3, 0.4) is 0 Å². The minimum Gasteiger partial charge on any atom is -0.406 e. The Kier molecular flexibility index (Phi) is 4.09. The first-order valence-corrected chi connectivity index (χ1v) is 6.76. The van der Waals surface area contributed by atoms with Crippen LogP contribution in [-0.4, -0.2) is 21.5 Å². The Hall–Kier alpha value is -3.06. The van der Waals surface area contributed by atoms with Gasteiger partial charge in [-0.2, -0.15) is 15.0 Å². The van der Waals surface area contributed by atoms with Gasteiger partial charge in [0, 0.05) is 5.56 Å². The molecule has 1 aromatic carbocycles. The second kappa shape index (κ2) is 6.21. The molecule has 2 aromatic heterocycles. The van der Waals surface area contributed by atoms with Gasteiger partial charge in [0.25, 0.3) is 5.69 Å². The number of benzene rings is 1. The summed E-state index contributed by atoms with van der Waals surface area (Å²) in [4.78, 5) is 10.8. The Morgan fingerprint density at radius 2 is 2.08 bits per heavy atom. The highest BCUT2D eigenvalue weighted by Gasteiger charge is 2.31. The zero-order chi connectivity index (χ0) is 17.2. The van der Waals surface area contributed by atoms with Crippen molar-refractivity contribution >= 4 is 0 Å². The first-order chi connectivity index (χ1) is 11.4. The number of hydrogen-bond acceptors (Lipinski definition) is 5. The summed E-state index contributed by atoms with van der Waals surface area (Å²) in [6, 6.07) is 4.56. The second-order valence-electron chi connectivity index (χ2n) is 4.84. The number of nitrogens with one attached hydrogen (secondary N) is 1. The minimum atomic E-state index is -4.74. The average Bonchev–Trinajstić information content (AvgIpc) is 3.17. The van der Waals surface area contributed by atoms with Crippen LogP contribution in [0.15, 0.2) is 35.0 Å². The highest BCUT2D eigenvalue weighted by atomic mass is 19.4. The van der Waals surface area contributed by atoms with E-state index in [9.17, 15) is 13.2 Å². The fraction of sp³-hybridized carbons (Fsp3) is 0.214. The van der Waals surface area contributed by atoms with Gasteiger partial charge in [-0.25, -0.2) is 0 Å². The van der Waals surface area contributed by atoms with Gasteiger partial charge in [-0.15, -0.1) is 13.2 Å². The van der Waals surface area contributed by atoms with Gasteiger partial charge in [-0.1, -0.05) is 5.16 Å². The van der Waals surface area contributed by atoms with E-state index in [0.717, 1.165) is 0 Å². The number of ether oxygens (including phenoxy) is 1. The summed E-state index contributed by atoms with van der Waals surface area (Å²) in [5, 5.41) is 3.78. The van der Waals surface area contributed by atoms with Crippen molar-refractivity contribution in [1.29, 1.82) is 0 Å². The SMILES string of the molecule is NC(Cc1c[nH]c#[n+]1)c1nc(-c2ccc(OC(F)(F)F)cc2)no1. The van der Waals surface area contributed by atoms with Gasteiger partial charge in [0.15, 0.2) is 6.20 Å². The van der Waals surface area contributed by atoms with Gasteiger partial charge >= 0.3 is 12.7 Å². The molecule has 0 bridgehead atoms. The third-order valence-electron chi connectivity index (χ3n) is 3.04.